The summed E-state index contributed by atoms with van der Waals surface area (Å²) in [6.07, 6.45) is 0.518. The molecule has 0 unspecified atom stereocenters. The van der Waals surface area contributed by atoms with Crippen LogP contribution in [0, 0.1) is 49.4 Å². The van der Waals surface area contributed by atoms with Gasteiger partial charge < -0.3 is 87.3 Å². The number of carbonyl (C=O) groups excluding carboxylic acids is 7. The number of alkyl halides is 1. The lowest BCUT2D eigenvalue weighted by molar-refractivity contribution is -0.145. The number of aromatic nitrogens is 4. The zero-order valence-corrected chi connectivity index (χ0v) is 91.0. The molecular weight excluding hydrogens is 1870 g/mol. The lowest BCUT2D eigenvalue weighted by atomic mass is 9.85. The zero-order valence-electron chi connectivity index (χ0n) is 87.7. The number of β-amino-alcohol motifs (C(OH)–C–C–N with tert-alkyl or cyclic N) is 4. The highest BCUT2D eigenvalue weighted by molar-refractivity contribution is 7.14. The SMILES string of the molecule is C=C(NCc1ccc(-c2scnc2C)cc1)[C@@H]1C[C@@H](O)CN1C(=O)[C@@H](NC(C)C)C(C)(C)C.C=C(N[C@@H](C)c1ccc(-c2scnc2C)cc1)[C@@H]1C[C@@H](O)CN1C(=O)[C@@H](NC(C)C)C(C)(C)C.Cc1ncsc1-c1ccc(C2(NC(=O)[C@@H]3C[C@@H](O)CN3C(=O)[C@@H](NC(C)C)C(C)(C)C)CC2)cc1.Cc1ncsc1-c1ccc(CNC(=O)[C@@H]2C[C@@H](O)CN2C(=O)[C@@H](NC(=O)C2(F)CC2)C(C)(C)C)c(OC(C)C)c1. The molecule has 4 saturated heterocycles. The molecule has 4 aromatic carbocycles. The summed E-state index contributed by atoms with van der Waals surface area (Å²) in [6.45, 7) is 60.0. The van der Waals surface area contributed by atoms with Crippen LogP contribution in [0.15, 0.2) is 138 Å². The van der Waals surface area contributed by atoms with Crippen LogP contribution in [0.2, 0.25) is 0 Å². The number of rotatable bonds is 32. The van der Waals surface area contributed by atoms with Gasteiger partial charge in [0.2, 0.25) is 35.4 Å². The minimum absolute atomic E-state index is 0.0163. The molecule has 8 aromatic rings. The minimum atomic E-state index is -1.94. The summed E-state index contributed by atoms with van der Waals surface area (Å²) < 4.78 is 20.4. The van der Waals surface area contributed by atoms with E-state index in [1.165, 1.54) is 20.2 Å². The minimum Gasteiger partial charge on any atom is -0.491 e. The Kier molecular flexibility index (Phi) is 37.4. The Bertz CT molecular complexity index is 5660. The van der Waals surface area contributed by atoms with Gasteiger partial charge in [-0.05, 0) is 141 Å². The Morgan fingerprint density at radius 1 is 0.437 bits per heavy atom. The summed E-state index contributed by atoms with van der Waals surface area (Å²) in [7, 11) is 0. The van der Waals surface area contributed by atoms with E-state index in [9.17, 15) is 58.4 Å². The number of nitrogens with zero attached hydrogens (tertiary/aromatic N) is 8. The summed E-state index contributed by atoms with van der Waals surface area (Å²) in [5.41, 5.74) is 17.6. The molecule has 6 aliphatic rings. The number of amides is 7. The van der Waals surface area contributed by atoms with Crippen molar-refractivity contribution in [1.82, 2.24) is 82.1 Å². The van der Waals surface area contributed by atoms with E-state index >= 15 is 0 Å². The summed E-state index contributed by atoms with van der Waals surface area (Å²) >= 11 is 6.46. The molecule has 7 amide bonds. The Morgan fingerprint density at radius 2 is 0.782 bits per heavy atom. The van der Waals surface area contributed by atoms with Crippen molar-refractivity contribution < 1.29 is 63.1 Å². The van der Waals surface area contributed by atoms with Crippen molar-refractivity contribution in [2.75, 3.05) is 26.2 Å². The van der Waals surface area contributed by atoms with Crippen LogP contribution < -0.4 is 47.3 Å². The maximum Gasteiger partial charge on any atom is 0.258 e. The number of carbonyl (C=O) groups is 7. The number of likely N-dealkylation sites (tertiary alicyclic amines) is 4. The first kappa shape index (κ1) is 113. The zero-order chi connectivity index (χ0) is 104. The van der Waals surface area contributed by atoms with Gasteiger partial charge in [0.1, 0.15) is 23.9 Å². The predicted octanol–water partition coefficient (Wildman–Crippen LogP) is 15.9. The van der Waals surface area contributed by atoms with E-state index in [2.05, 4.69) is 197 Å². The lowest BCUT2D eigenvalue weighted by Gasteiger charge is -2.37. The molecular formula is C109H155FN16O12S4. The molecule has 0 radical (unpaired) electrons. The third-order valence-corrected chi connectivity index (χ3v) is 30.6. The molecule has 12 N–H and O–H groups in total. The average molecular weight is 2030 g/mol. The van der Waals surface area contributed by atoms with Crippen LogP contribution in [0.5, 0.6) is 5.75 Å². The smallest absolute Gasteiger partial charge is 0.258 e. The van der Waals surface area contributed by atoms with Gasteiger partial charge >= 0.3 is 0 Å². The Labute approximate surface area is 856 Å². The van der Waals surface area contributed by atoms with Crippen molar-refractivity contribution in [2.24, 2.45) is 21.7 Å². The fourth-order valence-corrected chi connectivity index (χ4v) is 21.8. The molecule has 0 spiro atoms. The van der Waals surface area contributed by atoms with Gasteiger partial charge in [0, 0.05) is 106 Å². The number of ether oxygens (including phenoxy) is 1. The summed E-state index contributed by atoms with van der Waals surface area (Å²) in [6, 6.07) is 27.3. The van der Waals surface area contributed by atoms with E-state index in [1.54, 1.807) is 86.3 Å². The quantitative estimate of drug-likeness (QED) is 0.0186. The number of aryl methyl sites for hydroxylation is 4. The van der Waals surface area contributed by atoms with Crippen LogP contribution >= 0.6 is 45.3 Å². The highest BCUT2D eigenvalue weighted by atomic mass is 32.1. The molecule has 774 valence electrons. The van der Waals surface area contributed by atoms with Crippen LogP contribution in [0.1, 0.15) is 248 Å². The topological polar surface area (TPSA) is 370 Å². The maximum atomic E-state index is 14.4. The van der Waals surface area contributed by atoms with Crippen molar-refractivity contribution in [3.8, 4) is 47.5 Å². The molecule has 142 heavy (non-hydrogen) atoms. The van der Waals surface area contributed by atoms with Crippen molar-refractivity contribution in [1.29, 1.82) is 0 Å². The molecule has 4 aliphatic heterocycles. The fraction of sp³-hybridized carbons (Fsp3) is 0.569. The molecule has 33 heteroatoms. The summed E-state index contributed by atoms with van der Waals surface area (Å²) in [4.78, 5) is 122. The van der Waals surface area contributed by atoms with Gasteiger partial charge in [-0.2, -0.15) is 0 Å². The first-order valence-corrected chi connectivity index (χ1v) is 53.4. The second kappa shape index (κ2) is 47.2. The van der Waals surface area contributed by atoms with Gasteiger partial charge in [0.05, 0.1) is 131 Å². The Morgan fingerprint density at radius 3 is 1.14 bits per heavy atom. The first-order valence-electron chi connectivity index (χ1n) is 49.9. The van der Waals surface area contributed by atoms with E-state index in [0.717, 1.165) is 95.7 Å². The molecule has 28 nitrogen and oxygen atoms in total. The normalized spacial score (nSPS) is 20.8. The van der Waals surface area contributed by atoms with Gasteiger partial charge in [-0.3, -0.25) is 33.6 Å². The highest BCUT2D eigenvalue weighted by Gasteiger charge is 2.55. The van der Waals surface area contributed by atoms with Gasteiger partial charge in [0.25, 0.3) is 5.91 Å². The number of aliphatic hydroxyl groups is 4. The molecule has 6 fully saturated rings. The third-order valence-electron chi connectivity index (χ3n) is 26.7. The highest BCUT2D eigenvalue weighted by Crippen LogP contribution is 2.48. The molecule has 14 rings (SSSR count). The van der Waals surface area contributed by atoms with Crippen LogP contribution in [-0.4, -0.2) is 230 Å². The summed E-state index contributed by atoms with van der Waals surface area (Å²) in [5, 5.41) is 67.5. The van der Waals surface area contributed by atoms with Gasteiger partial charge in [0.15, 0.2) is 5.67 Å². The van der Waals surface area contributed by atoms with E-state index in [4.69, 9.17) is 4.74 Å². The van der Waals surface area contributed by atoms with Gasteiger partial charge in [-0.1, -0.05) is 223 Å². The van der Waals surface area contributed by atoms with Crippen LogP contribution in [-0.2, 0) is 52.2 Å². The summed E-state index contributed by atoms with van der Waals surface area (Å²) in [5.74, 6) is -1.40. The van der Waals surface area contributed by atoms with Crippen LogP contribution in [0.25, 0.3) is 41.8 Å². The van der Waals surface area contributed by atoms with E-state index in [1.807, 2.05) is 139 Å². The standard InChI is InChI=1S/C29H39FN4O5S.C27H38N4O3S.C27H40N4O2S.C26H38N4O2S/c1-16(2)39-22-11-18(23-17(3)32-15-40-23)7-8-19(22)13-31-25(36)21-12-20(35)14-34(21)26(37)24(28(4,5)6)33-27(38)29(30)9-10-29;1-16(2)29-23(26(4,5)6)25(34)31-14-20(32)13-21(31)24(33)30-27(11-12-27)19-9-7-18(8-10-19)22-17(3)28-15-35-22;1-16(2)29-25(27(6,7)8)26(33)31-14-22(32)13-23(31)18(4)30-17(3)20-9-11-21(12-10-20)24-19(5)28-15-34-24;1-16(2)29-24(26(5,6)7)25(32)30-14-21(31)12-22(30)17(3)27-13-19-8-10-20(11-9-19)23-18(4)28-15-33-23/h7-8,11,15-16,20-21,24,35H,9-10,12-14H2,1-6H3,(H,31,36)(H,33,38);7-10,15-16,20-21,23,29,32H,11-14H2,1-6H3,(H,30,33);9-12,15-17,22-23,25,29-30,32H,4,13-14H2,1-3,5-8H3;8-11,15-16,21-22,24,27,29,31H,3,12-14H2,1-2,4-7H3/t20-,21+,24-;20-,21+,23-;17-,22+,23-,25+;21-,22+,24-/m1101/s1. The first-order chi connectivity index (χ1) is 66.4. The Hall–Kier alpha value is -9.78. The fourth-order valence-electron chi connectivity index (χ4n) is 18.6. The predicted molar refractivity (Wildman–Crippen MR) is 566 cm³/mol. The van der Waals surface area contributed by atoms with E-state index in [-0.39, 0.29) is 140 Å². The Balaban J connectivity index is 0.000000181. The largest absolute Gasteiger partial charge is 0.491 e. The van der Waals surface area contributed by atoms with Crippen molar-refractivity contribution in [3.05, 3.63) is 183 Å². The van der Waals surface area contributed by atoms with Crippen LogP contribution in [0.4, 0.5) is 4.39 Å². The number of nitrogens with one attached hydrogen (secondary N) is 8. The number of thiazole rings is 4. The van der Waals surface area contributed by atoms with Gasteiger partial charge in [-0.15, -0.1) is 45.3 Å². The molecule has 13 atom stereocenters. The average Bonchev–Trinajstić information content (AvgIpc) is 1.60. The number of halogens is 1. The molecule has 2 saturated carbocycles. The van der Waals surface area contributed by atoms with Crippen molar-refractivity contribution in [2.45, 2.75) is 352 Å². The molecule has 4 aromatic heterocycles. The number of hydrogen-bond donors (Lipinski definition) is 12. The number of benzene rings is 4. The van der Waals surface area contributed by atoms with Crippen LogP contribution in [0.3, 0.4) is 0 Å². The van der Waals surface area contributed by atoms with Crippen molar-refractivity contribution >= 4 is 86.7 Å². The maximum absolute atomic E-state index is 14.4. The second-order valence-corrected chi connectivity index (χ2v) is 48.1. The molecule has 2 aliphatic carbocycles. The third kappa shape index (κ3) is 28.9. The number of hydrogen-bond acceptors (Lipinski definition) is 25. The molecule has 8 heterocycles. The van der Waals surface area contributed by atoms with Gasteiger partial charge in [-0.25, -0.2) is 24.3 Å². The number of aliphatic hydroxyl groups excluding tert-OH is 4. The van der Waals surface area contributed by atoms with Crippen molar-refractivity contribution in [3.63, 3.8) is 0 Å². The molecule has 0 bridgehead atoms. The van der Waals surface area contributed by atoms with E-state index < -0.39 is 82.9 Å². The van der Waals surface area contributed by atoms with E-state index in [0.29, 0.717) is 38.2 Å². The second-order valence-electron chi connectivity index (χ2n) is 44.7. The monoisotopic (exact) mass is 2030 g/mol. The lowest BCUT2D eigenvalue weighted by Crippen LogP contribution is -2.59.